The summed E-state index contributed by atoms with van der Waals surface area (Å²) >= 11 is 0. The van der Waals surface area contributed by atoms with Crippen molar-refractivity contribution in [2.45, 2.75) is 26.4 Å². The number of amides is 2. The minimum atomic E-state index is -0.149. The second kappa shape index (κ2) is 8.90. The standard InChI is InChI=1S/C18H23N3O2/c1-14-12-19-9-7-17(14)8-11-21-18(23)20-10-6-15-2-4-16(13-22)5-3-15/h2-5,7,9,12,22H,6,8,10-11,13H2,1H3,(H2,20,21,23). The number of aryl methyl sites for hydroxylation is 1. The average molecular weight is 313 g/mol. The Balaban J connectivity index is 1.64. The van der Waals surface area contributed by atoms with Crippen LogP contribution in [0.25, 0.3) is 0 Å². The molecular formula is C18H23N3O2. The maximum atomic E-state index is 11.7. The van der Waals surface area contributed by atoms with Gasteiger partial charge in [-0.05, 0) is 48.1 Å². The van der Waals surface area contributed by atoms with Crippen LogP contribution in [0.2, 0.25) is 0 Å². The molecule has 0 fully saturated rings. The Bertz CT molecular complexity index is 626. The van der Waals surface area contributed by atoms with Crippen LogP contribution in [-0.2, 0) is 19.4 Å². The van der Waals surface area contributed by atoms with Gasteiger partial charge in [-0.1, -0.05) is 24.3 Å². The molecule has 0 radical (unpaired) electrons. The summed E-state index contributed by atoms with van der Waals surface area (Å²) in [5.74, 6) is 0. The van der Waals surface area contributed by atoms with Gasteiger partial charge in [-0.2, -0.15) is 0 Å². The molecule has 122 valence electrons. The first-order valence-electron chi connectivity index (χ1n) is 7.79. The number of nitrogens with zero attached hydrogens (tertiary/aromatic N) is 1. The zero-order valence-corrected chi connectivity index (χ0v) is 13.4. The predicted octanol–water partition coefficient (Wildman–Crippen LogP) is 1.97. The van der Waals surface area contributed by atoms with Gasteiger partial charge >= 0.3 is 6.03 Å². The fourth-order valence-corrected chi connectivity index (χ4v) is 2.29. The van der Waals surface area contributed by atoms with Crippen molar-refractivity contribution in [3.63, 3.8) is 0 Å². The van der Waals surface area contributed by atoms with E-state index in [1.807, 2.05) is 43.5 Å². The van der Waals surface area contributed by atoms with Crippen molar-refractivity contribution in [3.05, 3.63) is 65.0 Å². The molecule has 1 heterocycles. The second-order valence-electron chi connectivity index (χ2n) is 5.46. The highest BCUT2D eigenvalue weighted by Gasteiger charge is 2.02. The number of carbonyl (C=O) groups excluding carboxylic acids is 1. The lowest BCUT2D eigenvalue weighted by molar-refractivity contribution is 0.241. The van der Waals surface area contributed by atoms with E-state index in [1.165, 1.54) is 5.56 Å². The highest BCUT2D eigenvalue weighted by molar-refractivity contribution is 5.73. The zero-order valence-electron chi connectivity index (χ0n) is 13.4. The second-order valence-corrected chi connectivity index (χ2v) is 5.46. The number of carbonyl (C=O) groups is 1. The molecular weight excluding hydrogens is 290 g/mol. The average Bonchev–Trinajstić information content (AvgIpc) is 2.57. The van der Waals surface area contributed by atoms with Crippen molar-refractivity contribution in [1.29, 1.82) is 0 Å². The molecule has 0 saturated carbocycles. The molecule has 0 aliphatic carbocycles. The van der Waals surface area contributed by atoms with Crippen molar-refractivity contribution in [1.82, 2.24) is 15.6 Å². The normalized spacial score (nSPS) is 10.3. The van der Waals surface area contributed by atoms with Gasteiger partial charge in [-0.25, -0.2) is 4.79 Å². The van der Waals surface area contributed by atoms with Crippen LogP contribution >= 0.6 is 0 Å². The Hall–Kier alpha value is -2.40. The van der Waals surface area contributed by atoms with Crippen molar-refractivity contribution in [3.8, 4) is 0 Å². The van der Waals surface area contributed by atoms with E-state index in [1.54, 1.807) is 6.20 Å². The SMILES string of the molecule is Cc1cnccc1CCNC(=O)NCCc1ccc(CO)cc1. The van der Waals surface area contributed by atoms with E-state index in [4.69, 9.17) is 5.11 Å². The first-order chi connectivity index (χ1) is 11.2. The van der Waals surface area contributed by atoms with Crippen LogP contribution in [0, 0.1) is 6.92 Å². The van der Waals surface area contributed by atoms with Gasteiger partial charge in [0.05, 0.1) is 6.61 Å². The van der Waals surface area contributed by atoms with Gasteiger partial charge < -0.3 is 15.7 Å². The number of pyridine rings is 1. The summed E-state index contributed by atoms with van der Waals surface area (Å²) in [6.07, 6.45) is 5.16. The molecule has 1 aromatic carbocycles. The molecule has 0 saturated heterocycles. The quantitative estimate of drug-likeness (QED) is 0.731. The van der Waals surface area contributed by atoms with E-state index in [2.05, 4.69) is 15.6 Å². The zero-order chi connectivity index (χ0) is 16.5. The molecule has 0 atom stereocenters. The molecule has 0 bridgehead atoms. The fourth-order valence-electron chi connectivity index (χ4n) is 2.29. The highest BCUT2D eigenvalue weighted by Crippen LogP contribution is 2.05. The number of hydrogen-bond acceptors (Lipinski definition) is 3. The van der Waals surface area contributed by atoms with Crippen molar-refractivity contribution in [2.75, 3.05) is 13.1 Å². The maximum absolute atomic E-state index is 11.7. The summed E-state index contributed by atoms with van der Waals surface area (Å²) in [7, 11) is 0. The number of aromatic nitrogens is 1. The van der Waals surface area contributed by atoms with Crippen LogP contribution in [0.4, 0.5) is 4.79 Å². The fraction of sp³-hybridized carbons (Fsp3) is 0.333. The summed E-state index contributed by atoms with van der Waals surface area (Å²) in [5.41, 5.74) is 4.37. The summed E-state index contributed by atoms with van der Waals surface area (Å²) in [6.45, 7) is 3.25. The number of nitrogens with one attached hydrogen (secondary N) is 2. The van der Waals surface area contributed by atoms with E-state index in [0.717, 1.165) is 29.5 Å². The molecule has 23 heavy (non-hydrogen) atoms. The van der Waals surface area contributed by atoms with Gasteiger partial charge in [0.1, 0.15) is 0 Å². The number of rotatable bonds is 7. The van der Waals surface area contributed by atoms with E-state index < -0.39 is 0 Å². The van der Waals surface area contributed by atoms with Crippen molar-refractivity contribution in [2.24, 2.45) is 0 Å². The predicted molar refractivity (Wildman–Crippen MR) is 90.1 cm³/mol. The van der Waals surface area contributed by atoms with Gasteiger partial charge in [-0.15, -0.1) is 0 Å². The van der Waals surface area contributed by atoms with Crippen LogP contribution in [0.5, 0.6) is 0 Å². The van der Waals surface area contributed by atoms with E-state index in [0.29, 0.717) is 13.1 Å². The smallest absolute Gasteiger partial charge is 0.314 e. The van der Waals surface area contributed by atoms with Gasteiger partial charge in [0.15, 0.2) is 0 Å². The minimum Gasteiger partial charge on any atom is -0.392 e. The molecule has 2 amide bonds. The van der Waals surface area contributed by atoms with Crippen LogP contribution in [0.1, 0.15) is 22.3 Å². The Morgan fingerprint density at radius 2 is 1.70 bits per heavy atom. The van der Waals surface area contributed by atoms with Gasteiger partial charge in [0.2, 0.25) is 0 Å². The minimum absolute atomic E-state index is 0.0535. The Morgan fingerprint density at radius 1 is 1.04 bits per heavy atom. The Morgan fingerprint density at radius 3 is 2.35 bits per heavy atom. The largest absolute Gasteiger partial charge is 0.392 e. The first-order valence-corrected chi connectivity index (χ1v) is 7.79. The third-order valence-corrected chi connectivity index (χ3v) is 3.72. The number of hydrogen-bond donors (Lipinski definition) is 3. The summed E-state index contributed by atoms with van der Waals surface area (Å²) < 4.78 is 0. The number of aliphatic hydroxyl groups excluding tert-OH is 1. The van der Waals surface area contributed by atoms with E-state index >= 15 is 0 Å². The molecule has 0 aliphatic heterocycles. The lowest BCUT2D eigenvalue weighted by Gasteiger charge is -2.09. The number of aliphatic hydroxyl groups is 1. The topological polar surface area (TPSA) is 74.2 Å². The number of benzene rings is 1. The lowest BCUT2D eigenvalue weighted by Crippen LogP contribution is -2.37. The summed E-state index contributed by atoms with van der Waals surface area (Å²) in [6, 6.07) is 9.56. The molecule has 0 unspecified atom stereocenters. The van der Waals surface area contributed by atoms with Crippen LogP contribution < -0.4 is 10.6 Å². The Kier molecular flexibility index (Phi) is 6.56. The van der Waals surface area contributed by atoms with Crippen LogP contribution in [-0.4, -0.2) is 29.2 Å². The monoisotopic (exact) mass is 313 g/mol. The highest BCUT2D eigenvalue weighted by atomic mass is 16.3. The van der Waals surface area contributed by atoms with Gasteiger partial charge in [-0.3, -0.25) is 4.98 Å². The van der Waals surface area contributed by atoms with Crippen molar-refractivity contribution >= 4 is 6.03 Å². The van der Waals surface area contributed by atoms with E-state index in [9.17, 15) is 4.79 Å². The lowest BCUT2D eigenvalue weighted by atomic mass is 10.1. The first kappa shape index (κ1) is 17.0. The summed E-state index contributed by atoms with van der Waals surface area (Å²) in [4.78, 5) is 15.8. The molecule has 1 aromatic heterocycles. The molecule has 2 aromatic rings. The molecule has 0 spiro atoms. The molecule has 3 N–H and O–H groups in total. The molecule has 0 aliphatic rings. The Labute approximate surface area is 136 Å². The molecule has 5 nitrogen and oxygen atoms in total. The number of urea groups is 1. The van der Waals surface area contributed by atoms with Crippen LogP contribution in [0.3, 0.4) is 0 Å². The maximum Gasteiger partial charge on any atom is 0.314 e. The summed E-state index contributed by atoms with van der Waals surface area (Å²) in [5, 5.41) is 14.7. The third kappa shape index (κ3) is 5.71. The van der Waals surface area contributed by atoms with Gasteiger partial charge in [0, 0.05) is 25.5 Å². The molecule has 5 heteroatoms. The van der Waals surface area contributed by atoms with Crippen LogP contribution in [0.15, 0.2) is 42.7 Å². The third-order valence-electron chi connectivity index (χ3n) is 3.72. The van der Waals surface area contributed by atoms with Gasteiger partial charge in [0.25, 0.3) is 0 Å². The molecule has 2 rings (SSSR count). The van der Waals surface area contributed by atoms with Crippen molar-refractivity contribution < 1.29 is 9.90 Å². The van der Waals surface area contributed by atoms with E-state index in [-0.39, 0.29) is 12.6 Å².